The van der Waals surface area contributed by atoms with Crippen LogP contribution in [0.25, 0.3) is 22.4 Å². The first-order valence-corrected chi connectivity index (χ1v) is 11.8. The molecule has 2 heterocycles. The first kappa shape index (κ1) is 26.6. The van der Waals surface area contributed by atoms with Crippen molar-refractivity contribution in [1.82, 2.24) is 19.4 Å². The van der Waals surface area contributed by atoms with Gasteiger partial charge in [0.15, 0.2) is 0 Å². The van der Waals surface area contributed by atoms with E-state index in [1.54, 1.807) is 52.6 Å². The fraction of sp³-hybridized carbons (Fsp3) is 0.500. The van der Waals surface area contributed by atoms with E-state index < -0.39 is 18.1 Å². The highest BCUT2D eigenvalue weighted by Gasteiger charge is 2.26. The van der Waals surface area contributed by atoms with Crippen LogP contribution in [0.3, 0.4) is 0 Å². The summed E-state index contributed by atoms with van der Waals surface area (Å²) in [5.41, 5.74) is 4.09. The summed E-state index contributed by atoms with van der Waals surface area (Å²) in [4.78, 5) is 29.5. The Hall–Kier alpha value is -3.01. The van der Waals surface area contributed by atoms with Gasteiger partial charge in [0.1, 0.15) is 11.9 Å². The Morgan fingerprint density at radius 1 is 1.20 bits per heavy atom. The van der Waals surface area contributed by atoms with Gasteiger partial charge < -0.3 is 23.7 Å². The largest absolute Gasteiger partial charge is 0.462 e. The van der Waals surface area contributed by atoms with Gasteiger partial charge in [-0.15, -0.1) is 0 Å². The lowest BCUT2D eigenvalue weighted by atomic mass is 10.1. The van der Waals surface area contributed by atoms with Gasteiger partial charge in [-0.3, -0.25) is 14.9 Å². The van der Waals surface area contributed by atoms with Crippen molar-refractivity contribution in [2.24, 2.45) is 7.05 Å². The lowest BCUT2D eigenvalue weighted by Gasteiger charge is -2.21. The van der Waals surface area contributed by atoms with E-state index >= 15 is 0 Å². The number of aliphatic hydroxyl groups excluding tert-OH is 1. The first-order valence-electron chi connectivity index (χ1n) is 11.8. The van der Waals surface area contributed by atoms with Crippen LogP contribution in [0.5, 0.6) is 0 Å². The lowest BCUT2D eigenvalue weighted by Crippen LogP contribution is -2.46. The number of hydrogen-bond donors (Lipinski definition) is 2. The third-order valence-corrected chi connectivity index (χ3v) is 5.84. The molecule has 35 heavy (non-hydrogen) atoms. The number of imidazole rings is 1. The van der Waals surface area contributed by atoms with Gasteiger partial charge in [0, 0.05) is 38.0 Å². The highest BCUT2D eigenvalue weighted by atomic mass is 16.5. The van der Waals surface area contributed by atoms with Crippen LogP contribution in [0, 0.1) is 6.92 Å². The van der Waals surface area contributed by atoms with Gasteiger partial charge in [-0.05, 0) is 58.4 Å². The van der Waals surface area contributed by atoms with Gasteiger partial charge in [0.2, 0.25) is 0 Å². The Kier molecular flexibility index (Phi) is 8.47. The molecule has 3 aromatic rings. The van der Waals surface area contributed by atoms with E-state index in [0.29, 0.717) is 18.7 Å². The second kappa shape index (κ2) is 11.2. The number of hydrogen-bond acceptors (Lipinski definition) is 7. The quantitative estimate of drug-likeness (QED) is 0.426. The zero-order valence-electron chi connectivity index (χ0n) is 21.5. The minimum Gasteiger partial charge on any atom is -0.462 e. The normalized spacial score (nSPS) is 14.3. The van der Waals surface area contributed by atoms with Crippen LogP contribution in [0.15, 0.2) is 35.3 Å². The number of nitrogens with one attached hydrogen (secondary N) is 1. The Balaban J connectivity index is 2.02. The van der Waals surface area contributed by atoms with Crippen molar-refractivity contribution in [2.45, 2.75) is 65.5 Å². The van der Waals surface area contributed by atoms with Crippen molar-refractivity contribution >= 4 is 17.0 Å². The number of carbonyl (C=O) groups excluding carboxylic acids is 1. The summed E-state index contributed by atoms with van der Waals surface area (Å²) in [6.07, 6.45) is 0.623. The third kappa shape index (κ3) is 5.98. The molecule has 0 aliphatic carbocycles. The van der Waals surface area contributed by atoms with E-state index in [-0.39, 0.29) is 17.7 Å². The van der Waals surface area contributed by atoms with Crippen molar-refractivity contribution < 1.29 is 19.4 Å². The molecule has 0 aliphatic heterocycles. The van der Waals surface area contributed by atoms with Gasteiger partial charge >= 0.3 is 5.97 Å². The number of pyridine rings is 1. The predicted octanol–water partition coefficient (Wildman–Crippen LogP) is 2.71. The van der Waals surface area contributed by atoms with Crippen molar-refractivity contribution in [3.05, 3.63) is 51.9 Å². The molecule has 0 aliphatic rings. The Labute approximate surface area is 205 Å². The number of aliphatic hydroxyl groups is 1. The first-order chi connectivity index (χ1) is 16.5. The average Bonchev–Trinajstić information content (AvgIpc) is 3.15. The van der Waals surface area contributed by atoms with Crippen LogP contribution in [-0.2, 0) is 27.9 Å². The summed E-state index contributed by atoms with van der Waals surface area (Å²) in [6, 6.07) is 6.89. The number of esters is 1. The highest BCUT2D eigenvalue weighted by molar-refractivity contribution is 5.82. The predicted molar refractivity (Wildman–Crippen MR) is 135 cm³/mol. The molecule has 0 amide bonds. The summed E-state index contributed by atoms with van der Waals surface area (Å²) in [6.45, 7) is 9.80. The van der Waals surface area contributed by atoms with Gasteiger partial charge in [-0.25, -0.2) is 4.98 Å². The summed E-state index contributed by atoms with van der Waals surface area (Å²) >= 11 is 0. The highest BCUT2D eigenvalue weighted by Crippen LogP contribution is 2.29. The molecule has 0 saturated carbocycles. The number of ether oxygens (including phenoxy) is 2. The molecule has 9 nitrogen and oxygen atoms in total. The van der Waals surface area contributed by atoms with Crippen molar-refractivity contribution in [2.75, 3.05) is 13.7 Å². The van der Waals surface area contributed by atoms with E-state index in [2.05, 4.69) is 16.8 Å². The van der Waals surface area contributed by atoms with Gasteiger partial charge in [-0.1, -0.05) is 6.07 Å². The molecule has 0 saturated heterocycles. The molecular weight excluding hydrogens is 448 g/mol. The number of nitrogens with zero attached hydrogens (tertiary/aromatic N) is 3. The van der Waals surface area contributed by atoms with Crippen molar-refractivity contribution in [3.8, 4) is 11.4 Å². The van der Waals surface area contributed by atoms with Crippen LogP contribution in [0.4, 0.5) is 0 Å². The van der Waals surface area contributed by atoms with Gasteiger partial charge in [-0.2, -0.15) is 0 Å². The van der Waals surface area contributed by atoms with Crippen LogP contribution in [0.2, 0.25) is 0 Å². The summed E-state index contributed by atoms with van der Waals surface area (Å²) < 4.78 is 14.4. The monoisotopic (exact) mass is 484 g/mol. The summed E-state index contributed by atoms with van der Waals surface area (Å²) in [7, 11) is 3.39. The molecule has 3 atom stereocenters. The zero-order valence-corrected chi connectivity index (χ0v) is 21.5. The van der Waals surface area contributed by atoms with Gasteiger partial charge in [0.05, 0.1) is 35.9 Å². The molecule has 1 aromatic carbocycles. The fourth-order valence-corrected chi connectivity index (χ4v) is 4.20. The number of aryl methyl sites for hydroxylation is 2. The lowest BCUT2D eigenvalue weighted by molar-refractivity contribution is -0.152. The van der Waals surface area contributed by atoms with Crippen molar-refractivity contribution in [1.29, 1.82) is 0 Å². The molecule has 190 valence electrons. The number of carbonyl (C=O) groups is 1. The molecule has 0 spiro atoms. The second-order valence-corrected chi connectivity index (χ2v) is 9.35. The topological polar surface area (TPSA) is 108 Å². The number of fused-ring (bicyclic) bond motifs is 1. The summed E-state index contributed by atoms with van der Waals surface area (Å²) in [5, 5.41) is 13.2. The van der Waals surface area contributed by atoms with E-state index in [0.717, 1.165) is 28.0 Å². The third-order valence-electron chi connectivity index (χ3n) is 5.84. The molecule has 0 unspecified atom stereocenters. The Morgan fingerprint density at radius 3 is 2.51 bits per heavy atom. The molecule has 0 fully saturated rings. The molecule has 2 N–H and O–H groups in total. The molecular formula is C26H36N4O5. The fourth-order valence-electron chi connectivity index (χ4n) is 4.20. The maximum absolute atomic E-state index is 12.4. The molecule has 9 heteroatoms. The number of methoxy groups -OCH3 is 1. The molecule has 3 rings (SSSR count). The van der Waals surface area contributed by atoms with E-state index in [1.165, 1.54) is 0 Å². The van der Waals surface area contributed by atoms with Crippen LogP contribution in [-0.4, -0.2) is 57.2 Å². The Bertz CT molecular complexity index is 1220. The smallest absolute Gasteiger partial charge is 0.326 e. The molecule has 0 bridgehead atoms. The standard InChI is InChI=1S/C26H36N4O5/c1-15(2)35-26(33)23(18(5)31)27-12-19-8-9-21-22(11-19)30(17(4)14-34-7)24(28-21)20-10-16(3)25(32)29(6)13-20/h8-11,13,15,17-18,23,27,31H,12,14H2,1-7H3/t17-,18+,23-/m0/s1. The minimum absolute atomic E-state index is 0.0213. The minimum atomic E-state index is -0.906. The van der Waals surface area contributed by atoms with Crippen molar-refractivity contribution in [3.63, 3.8) is 0 Å². The average molecular weight is 485 g/mol. The number of aromatic nitrogens is 3. The SMILES string of the molecule is COC[C@H](C)n1c(-c2cc(C)c(=O)n(C)c2)nc2ccc(CN[C@H](C(=O)OC(C)C)[C@@H](C)O)cc21. The van der Waals surface area contributed by atoms with E-state index in [9.17, 15) is 14.7 Å². The van der Waals surface area contributed by atoms with Crippen LogP contribution in [0.1, 0.15) is 44.9 Å². The van der Waals surface area contributed by atoms with Crippen LogP contribution >= 0.6 is 0 Å². The van der Waals surface area contributed by atoms with Gasteiger partial charge in [0.25, 0.3) is 5.56 Å². The zero-order chi connectivity index (χ0) is 25.9. The Morgan fingerprint density at radius 2 is 1.91 bits per heavy atom. The summed E-state index contributed by atoms with van der Waals surface area (Å²) in [5.74, 6) is 0.262. The second-order valence-electron chi connectivity index (χ2n) is 9.35. The maximum atomic E-state index is 12.4. The van der Waals surface area contributed by atoms with E-state index in [4.69, 9.17) is 14.5 Å². The molecule has 2 aromatic heterocycles. The van der Waals surface area contributed by atoms with Crippen LogP contribution < -0.4 is 10.9 Å². The molecule has 0 radical (unpaired) electrons. The number of rotatable bonds is 10. The number of benzene rings is 1. The maximum Gasteiger partial charge on any atom is 0.326 e. The van der Waals surface area contributed by atoms with E-state index in [1.807, 2.05) is 24.3 Å².